The van der Waals surface area contributed by atoms with E-state index in [0.29, 0.717) is 6.61 Å². The summed E-state index contributed by atoms with van der Waals surface area (Å²) in [5.74, 6) is -3.76. The fraction of sp³-hybridized carbons (Fsp3) is 0.333. The Bertz CT molecular complexity index is 813. The van der Waals surface area contributed by atoms with Gasteiger partial charge in [0.2, 0.25) is 0 Å². The first-order chi connectivity index (χ1) is 13.6. The Hall–Kier alpha value is -2.88. The standard InChI is InChI=1S/C24H26O4/c1-2-3-16-28-24(27)22-20(18-12-8-5-9-13-18)15-14-19(21(22)23(25)26)17-10-6-4-7-11-17/h4-15,19-22H,2-3,16H2,1H3,(H,25,26)/t19-,20-,21+,22+/m0/s1. The van der Waals surface area contributed by atoms with Crippen LogP contribution in [-0.4, -0.2) is 23.7 Å². The number of carbonyl (C=O) groups excluding carboxylic acids is 1. The van der Waals surface area contributed by atoms with E-state index < -0.39 is 23.8 Å². The lowest BCUT2D eigenvalue weighted by molar-refractivity contribution is -0.159. The summed E-state index contributed by atoms with van der Waals surface area (Å²) >= 11 is 0. The zero-order chi connectivity index (χ0) is 19.9. The number of benzene rings is 2. The van der Waals surface area contributed by atoms with Crippen LogP contribution in [-0.2, 0) is 14.3 Å². The highest BCUT2D eigenvalue weighted by atomic mass is 16.5. The first-order valence-electron chi connectivity index (χ1n) is 9.81. The minimum absolute atomic E-state index is 0.319. The zero-order valence-electron chi connectivity index (χ0n) is 16.0. The van der Waals surface area contributed by atoms with Gasteiger partial charge >= 0.3 is 11.9 Å². The van der Waals surface area contributed by atoms with E-state index in [4.69, 9.17) is 4.74 Å². The third-order valence-electron chi connectivity index (χ3n) is 5.35. The maximum absolute atomic E-state index is 13.0. The maximum atomic E-state index is 13.0. The molecule has 1 aliphatic carbocycles. The highest BCUT2D eigenvalue weighted by Gasteiger charge is 2.46. The Kier molecular flexibility index (Phi) is 6.64. The monoisotopic (exact) mass is 378 g/mol. The number of ether oxygens (including phenoxy) is 1. The van der Waals surface area contributed by atoms with Crippen LogP contribution in [0.3, 0.4) is 0 Å². The molecule has 4 atom stereocenters. The van der Waals surface area contributed by atoms with E-state index in [1.807, 2.05) is 79.7 Å². The number of carbonyl (C=O) groups is 2. The predicted molar refractivity (Wildman–Crippen MR) is 108 cm³/mol. The number of hydrogen-bond acceptors (Lipinski definition) is 3. The molecule has 1 N–H and O–H groups in total. The lowest BCUT2D eigenvalue weighted by Crippen LogP contribution is -2.40. The van der Waals surface area contributed by atoms with Crippen molar-refractivity contribution in [3.63, 3.8) is 0 Å². The van der Waals surface area contributed by atoms with Crippen LogP contribution < -0.4 is 0 Å². The third kappa shape index (κ3) is 4.33. The molecule has 0 spiro atoms. The van der Waals surface area contributed by atoms with E-state index >= 15 is 0 Å². The number of unbranched alkanes of at least 4 members (excludes halogenated alkanes) is 1. The van der Waals surface area contributed by atoms with Crippen molar-refractivity contribution in [2.75, 3.05) is 6.61 Å². The molecule has 0 amide bonds. The normalized spacial score (nSPS) is 23.9. The second-order valence-electron chi connectivity index (χ2n) is 7.17. The van der Waals surface area contributed by atoms with Gasteiger partial charge in [-0.1, -0.05) is 86.2 Å². The summed E-state index contributed by atoms with van der Waals surface area (Å²) < 4.78 is 5.50. The molecule has 0 radical (unpaired) electrons. The summed E-state index contributed by atoms with van der Waals surface area (Å²) in [6.45, 7) is 2.34. The summed E-state index contributed by atoms with van der Waals surface area (Å²) in [5, 5.41) is 10.1. The van der Waals surface area contributed by atoms with E-state index in [1.54, 1.807) is 0 Å². The lowest BCUT2D eigenvalue weighted by atomic mass is 9.66. The zero-order valence-corrected chi connectivity index (χ0v) is 16.0. The number of carboxylic acids is 1. The fourth-order valence-corrected chi connectivity index (χ4v) is 3.93. The number of aliphatic carboxylic acids is 1. The minimum atomic E-state index is -0.975. The highest BCUT2D eigenvalue weighted by molar-refractivity contribution is 5.84. The molecule has 1 aliphatic rings. The Morgan fingerprint density at radius 1 is 0.857 bits per heavy atom. The van der Waals surface area contributed by atoms with Crippen LogP contribution in [0.1, 0.15) is 42.7 Å². The van der Waals surface area contributed by atoms with Gasteiger partial charge in [0.25, 0.3) is 0 Å². The number of hydrogen-bond donors (Lipinski definition) is 1. The van der Waals surface area contributed by atoms with Gasteiger partial charge in [0.15, 0.2) is 0 Å². The van der Waals surface area contributed by atoms with Crippen molar-refractivity contribution < 1.29 is 19.4 Å². The topological polar surface area (TPSA) is 63.6 Å². The van der Waals surface area contributed by atoms with Crippen molar-refractivity contribution >= 4 is 11.9 Å². The summed E-state index contributed by atoms with van der Waals surface area (Å²) in [6, 6.07) is 19.1. The highest BCUT2D eigenvalue weighted by Crippen LogP contribution is 2.45. The fourth-order valence-electron chi connectivity index (χ4n) is 3.93. The second-order valence-corrected chi connectivity index (χ2v) is 7.17. The summed E-state index contributed by atoms with van der Waals surface area (Å²) in [7, 11) is 0. The van der Waals surface area contributed by atoms with E-state index in [9.17, 15) is 14.7 Å². The van der Waals surface area contributed by atoms with Crippen LogP contribution in [0.15, 0.2) is 72.8 Å². The molecule has 28 heavy (non-hydrogen) atoms. The number of rotatable bonds is 7. The average Bonchev–Trinajstić information content (AvgIpc) is 2.74. The van der Waals surface area contributed by atoms with E-state index in [-0.39, 0.29) is 11.8 Å². The first-order valence-corrected chi connectivity index (χ1v) is 9.81. The maximum Gasteiger partial charge on any atom is 0.310 e. The molecule has 0 saturated heterocycles. The molecule has 2 aromatic carbocycles. The molecule has 0 heterocycles. The predicted octanol–water partition coefficient (Wildman–Crippen LogP) is 4.78. The summed E-state index contributed by atoms with van der Waals surface area (Å²) in [6.07, 6.45) is 5.58. The van der Waals surface area contributed by atoms with Crippen LogP contribution in [0.5, 0.6) is 0 Å². The van der Waals surface area contributed by atoms with Crippen LogP contribution in [0.4, 0.5) is 0 Å². The van der Waals surface area contributed by atoms with Gasteiger partial charge in [0.1, 0.15) is 0 Å². The van der Waals surface area contributed by atoms with Gasteiger partial charge in [-0.05, 0) is 17.5 Å². The molecule has 0 aliphatic heterocycles. The molecule has 0 fully saturated rings. The van der Waals surface area contributed by atoms with Gasteiger partial charge in [-0.2, -0.15) is 0 Å². The van der Waals surface area contributed by atoms with Gasteiger partial charge < -0.3 is 9.84 Å². The largest absolute Gasteiger partial charge is 0.481 e. The number of carboxylic acid groups (broad SMARTS) is 1. The molecule has 3 rings (SSSR count). The Labute approximate surface area is 165 Å². The molecule has 0 bridgehead atoms. The van der Waals surface area contributed by atoms with Gasteiger partial charge in [-0.25, -0.2) is 0 Å². The van der Waals surface area contributed by atoms with Crippen molar-refractivity contribution in [2.45, 2.75) is 31.6 Å². The molecule has 0 unspecified atom stereocenters. The van der Waals surface area contributed by atoms with Gasteiger partial charge in [0.05, 0.1) is 18.4 Å². The molecular weight excluding hydrogens is 352 g/mol. The van der Waals surface area contributed by atoms with Crippen LogP contribution >= 0.6 is 0 Å². The minimum Gasteiger partial charge on any atom is -0.481 e. The third-order valence-corrected chi connectivity index (χ3v) is 5.35. The number of esters is 1. The van der Waals surface area contributed by atoms with Crippen LogP contribution in [0.25, 0.3) is 0 Å². The van der Waals surface area contributed by atoms with Crippen LogP contribution in [0.2, 0.25) is 0 Å². The Morgan fingerprint density at radius 3 is 1.82 bits per heavy atom. The second kappa shape index (κ2) is 9.36. The molecule has 146 valence electrons. The quantitative estimate of drug-likeness (QED) is 0.428. The number of allylic oxidation sites excluding steroid dienone is 2. The van der Waals surface area contributed by atoms with Crippen molar-refractivity contribution in [3.8, 4) is 0 Å². The van der Waals surface area contributed by atoms with Gasteiger partial charge in [0, 0.05) is 11.8 Å². The van der Waals surface area contributed by atoms with Crippen LogP contribution in [0, 0.1) is 11.8 Å². The van der Waals surface area contributed by atoms with E-state index in [1.165, 1.54) is 0 Å². The van der Waals surface area contributed by atoms with Crippen molar-refractivity contribution in [1.82, 2.24) is 0 Å². The summed E-state index contributed by atoms with van der Waals surface area (Å²) in [4.78, 5) is 25.3. The van der Waals surface area contributed by atoms with Crippen molar-refractivity contribution in [1.29, 1.82) is 0 Å². The molecule has 0 aromatic heterocycles. The van der Waals surface area contributed by atoms with Gasteiger partial charge in [-0.15, -0.1) is 0 Å². The first kappa shape index (κ1) is 19.9. The van der Waals surface area contributed by atoms with E-state index in [0.717, 1.165) is 24.0 Å². The smallest absolute Gasteiger partial charge is 0.310 e. The molecule has 4 heteroatoms. The molecule has 2 aromatic rings. The average molecular weight is 378 g/mol. The molecular formula is C24H26O4. The molecule has 4 nitrogen and oxygen atoms in total. The lowest BCUT2D eigenvalue weighted by Gasteiger charge is -2.36. The van der Waals surface area contributed by atoms with E-state index in [2.05, 4.69) is 0 Å². The van der Waals surface area contributed by atoms with Crippen molar-refractivity contribution in [2.24, 2.45) is 11.8 Å². The Balaban J connectivity index is 2.02. The summed E-state index contributed by atoms with van der Waals surface area (Å²) in [5.41, 5.74) is 1.82. The van der Waals surface area contributed by atoms with Gasteiger partial charge in [-0.3, -0.25) is 9.59 Å². The van der Waals surface area contributed by atoms with Crippen molar-refractivity contribution in [3.05, 3.63) is 83.9 Å². The SMILES string of the molecule is CCCCOC(=O)[C@H]1[C@H](C(=O)O)[C@H](c2ccccc2)C=C[C@H]1c1ccccc1. The molecule has 0 saturated carbocycles. The Morgan fingerprint density at radius 2 is 1.36 bits per heavy atom.